The number of aliphatic carboxylic acids is 3. The van der Waals surface area contributed by atoms with E-state index in [2.05, 4.69) is 0 Å². The molecule has 8 heteroatoms. The Labute approximate surface area is 90.3 Å². The van der Waals surface area contributed by atoms with Crippen LogP contribution in [0.15, 0.2) is 0 Å². The summed E-state index contributed by atoms with van der Waals surface area (Å²) in [4.78, 5) is 30.3. The van der Waals surface area contributed by atoms with Crippen LogP contribution < -0.4 is 5.11 Å². The molecule has 3 N–H and O–H groups in total. The van der Waals surface area contributed by atoms with Gasteiger partial charge in [-0.15, -0.1) is 0 Å². The number of hydrogen-bond acceptors (Lipinski definition) is 5. The number of carbonyl (C=O) groups is 3. The van der Waals surface area contributed by atoms with Crippen LogP contribution in [0.25, 0.3) is 0 Å². The summed E-state index contributed by atoms with van der Waals surface area (Å²) >= 11 is 0. The molecule has 0 fully saturated rings. The van der Waals surface area contributed by atoms with Crippen molar-refractivity contribution in [3.05, 3.63) is 0 Å². The van der Waals surface area contributed by atoms with Gasteiger partial charge in [0.25, 0.3) is 0 Å². The summed E-state index contributed by atoms with van der Waals surface area (Å²) in [7, 11) is 0. The van der Waals surface area contributed by atoms with E-state index in [0.717, 1.165) is 0 Å². The van der Waals surface area contributed by atoms with Crippen molar-refractivity contribution in [1.29, 1.82) is 0 Å². The molecule has 14 heavy (non-hydrogen) atoms. The van der Waals surface area contributed by atoms with E-state index in [1.807, 2.05) is 0 Å². The van der Waals surface area contributed by atoms with Gasteiger partial charge < -0.3 is 25.2 Å². The Morgan fingerprint density at radius 2 is 1.64 bits per heavy atom. The first-order valence-corrected chi connectivity index (χ1v) is 3.15. The van der Waals surface area contributed by atoms with Crippen LogP contribution in [0.3, 0.4) is 0 Å². The summed E-state index contributed by atoms with van der Waals surface area (Å²) in [6.45, 7) is 0. The Balaban J connectivity index is -0.000000720. The molecule has 0 saturated carbocycles. The zero-order chi connectivity index (χ0) is 10.6. The average Bonchev–Trinajstić information content (AvgIpc) is 1.82. The van der Waals surface area contributed by atoms with Crippen LogP contribution in [0, 0.1) is 0 Å². The van der Waals surface area contributed by atoms with Crippen LogP contribution >= 0.6 is 0 Å². The van der Waals surface area contributed by atoms with Crippen LogP contribution in [-0.4, -0.2) is 38.8 Å². The predicted molar refractivity (Wildman–Crippen MR) is 36.6 cm³/mol. The van der Waals surface area contributed by atoms with Gasteiger partial charge in [-0.25, -0.2) is 4.79 Å². The maximum absolute atomic E-state index is 10.3. The summed E-state index contributed by atoms with van der Waals surface area (Å²) in [5.41, 5.74) is -2.80. The van der Waals surface area contributed by atoms with E-state index >= 15 is 0 Å². The molecule has 7 nitrogen and oxygen atoms in total. The minimum Gasteiger partial charge on any atom is -0.550 e. The molecule has 0 aromatic rings. The van der Waals surface area contributed by atoms with E-state index in [1.165, 1.54) is 0 Å². The number of carboxylic acids is 3. The van der Waals surface area contributed by atoms with Gasteiger partial charge in [-0.3, -0.25) is 4.79 Å². The van der Waals surface area contributed by atoms with E-state index in [1.54, 1.807) is 0 Å². The third-order valence-electron chi connectivity index (χ3n) is 1.28. The summed E-state index contributed by atoms with van der Waals surface area (Å²) in [5.74, 6) is -5.34. The molecule has 0 aromatic carbocycles. The first kappa shape index (κ1) is 15.4. The fourth-order valence-electron chi connectivity index (χ4n) is 0.703. The van der Waals surface area contributed by atoms with Crippen LogP contribution in [0.1, 0.15) is 14.3 Å². The maximum Gasteiger partial charge on any atom is 0.336 e. The molecule has 0 rings (SSSR count). The third-order valence-corrected chi connectivity index (χ3v) is 1.28. The second-order valence-electron chi connectivity index (χ2n) is 2.46. The van der Waals surface area contributed by atoms with E-state index in [9.17, 15) is 19.5 Å². The zero-order valence-corrected chi connectivity index (χ0v) is 7.95. The first-order valence-electron chi connectivity index (χ1n) is 3.15. The Bertz CT molecular complexity index is 238. The monoisotopic (exact) mass is 248 g/mol. The summed E-state index contributed by atoms with van der Waals surface area (Å²) < 4.78 is 0. The molecule has 1 radical (unpaired) electrons. The van der Waals surface area contributed by atoms with Gasteiger partial charge in [0.05, 0.1) is 6.42 Å². The largest absolute Gasteiger partial charge is 0.550 e. The number of aliphatic hydroxyl groups is 1. The fourth-order valence-corrected chi connectivity index (χ4v) is 0.703. The Morgan fingerprint density at radius 3 is 1.86 bits per heavy atom. The first-order chi connectivity index (χ1) is 5.78. The minimum absolute atomic E-state index is 0. The van der Waals surface area contributed by atoms with Crippen molar-refractivity contribution in [2.75, 3.05) is 0 Å². The topological polar surface area (TPSA) is 135 Å². The predicted octanol–water partition coefficient (Wildman–Crippen LogP) is -2.34. The van der Waals surface area contributed by atoms with Crippen molar-refractivity contribution in [2.24, 2.45) is 0 Å². The number of carbonyl (C=O) groups excluding carboxylic acids is 1. The molecule has 0 spiro atoms. The van der Waals surface area contributed by atoms with Crippen LogP contribution in [-0.2, 0) is 31.5 Å². The molecule has 0 aromatic heterocycles. The van der Waals surface area contributed by atoms with Crippen LogP contribution in [0.4, 0.5) is 0 Å². The zero-order valence-electron chi connectivity index (χ0n) is 6.77. The van der Waals surface area contributed by atoms with Crippen LogP contribution in [0.5, 0.6) is 0 Å². The molecule has 1 unspecified atom stereocenters. The molecular weight excluding hydrogens is 239 g/mol. The van der Waals surface area contributed by atoms with Gasteiger partial charge in [0.15, 0.2) is 5.60 Å². The van der Waals surface area contributed by atoms with Crippen molar-refractivity contribution in [3.8, 4) is 0 Å². The van der Waals surface area contributed by atoms with Crippen LogP contribution in [0.2, 0.25) is 0 Å². The SMILES string of the molecule is O=C([O-])CC(O)(CC(=O)O)C(=O)O.[HH].[Mn]. The molecule has 0 aliphatic heterocycles. The second-order valence-corrected chi connectivity index (χ2v) is 2.46. The Kier molecular flexibility index (Phi) is 6.13. The maximum atomic E-state index is 10.3. The molecule has 0 aliphatic carbocycles. The van der Waals surface area contributed by atoms with Crippen molar-refractivity contribution >= 4 is 17.9 Å². The smallest absolute Gasteiger partial charge is 0.336 e. The second kappa shape index (κ2) is 5.58. The summed E-state index contributed by atoms with van der Waals surface area (Å²) in [5, 5.41) is 35.5. The molecule has 0 saturated heterocycles. The standard InChI is InChI=1S/C6H8O7.Mn.H2/c7-3(8)1-6(13,5(11)12)2-4(9)10;;/h13H,1-2H2,(H,7,8)(H,9,10)(H,11,12);;1H/p-1. The molecule has 0 heterocycles. The summed E-state index contributed by atoms with van der Waals surface area (Å²) in [6, 6.07) is 0. The quantitative estimate of drug-likeness (QED) is 0.464. The normalized spacial score (nSPS) is 13.5. The molecule has 0 aliphatic rings. The molecule has 0 bridgehead atoms. The Hall–Kier alpha value is -1.11. The summed E-state index contributed by atoms with van der Waals surface area (Å²) in [6.07, 6.45) is -2.44. The van der Waals surface area contributed by atoms with Crippen molar-refractivity contribution in [3.63, 3.8) is 0 Å². The molecule has 83 valence electrons. The molecule has 0 amide bonds. The van der Waals surface area contributed by atoms with E-state index in [4.69, 9.17) is 15.3 Å². The van der Waals surface area contributed by atoms with Gasteiger partial charge in [0, 0.05) is 30.9 Å². The number of rotatable bonds is 5. The van der Waals surface area contributed by atoms with Gasteiger partial charge in [-0.1, -0.05) is 0 Å². The number of hydrogen-bond donors (Lipinski definition) is 3. The fraction of sp³-hybridized carbons (Fsp3) is 0.500. The number of carboxylic acid groups (broad SMARTS) is 3. The van der Waals surface area contributed by atoms with Crippen molar-refractivity contribution in [2.45, 2.75) is 18.4 Å². The van der Waals surface area contributed by atoms with E-state index < -0.39 is 36.4 Å². The van der Waals surface area contributed by atoms with Gasteiger partial charge in [0.1, 0.15) is 0 Å². The van der Waals surface area contributed by atoms with Crippen molar-refractivity contribution in [1.82, 2.24) is 0 Å². The van der Waals surface area contributed by atoms with E-state index in [-0.39, 0.29) is 18.5 Å². The van der Waals surface area contributed by atoms with Crippen molar-refractivity contribution < 1.29 is 53.3 Å². The van der Waals surface area contributed by atoms with Gasteiger partial charge in [-0.2, -0.15) is 0 Å². The average molecular weight is 248 g/mol. The van der Waals surface area contributed by atoms with E-state index in [0.29, 0.717) is 0 Å². The van der Waals surface area contributed by atoms with Gasteiger partial charge in [0.2, 0.25) is 0 Å². The molecule has 1 atom stereocenters. The minimum atomic E-state index is -2.80. The van der Waals surface area contributed by atoms with Gasteiger partial charge >= 0.3 is 11.9 Å². The Morgan fingerprint density at radius 1 is 1.21 bits per heavy atom. The van der Waals surface area contributed by atoms with Gasteiger partial charge in [-0.05, 0) is 0 Å². The molecular formula is C6H9MnO7-. The third kappa shape index (κ3) is 4.80.